The molecule has 2 aromatic carbocycles. The van der Waals surface area contributed by atoms with Gasteiger partial charge in [0.1, 0.15) is 28.4 Å². The third-order valence-corrected chi connectivity index (χ3v) is 11.1. The van der Waals surface area contributed by atoms with Crippen LogP contribution in [0.4, 0.5) is 28.1 Å². The third-order valence-electron chi connectivity index (χ3n) is 9.86. The fourth-order valence-corrected chi connectivity index (χ4v) is 7.94. The second-order valence-corrected chi connectivity index (χ2v) is 15.1. The van der Waals surface area contributed by atoms with Gasteiger partial charge in [-0.2, -0.15) is 0 Å². The van der Waals surface area contributed by atoms with Crippen LogP contribution in [0.2, 0.25) is 5.02 Å². The number of nitrogens with zero attached hydrogens (tertiary/aromatic N) is 6. The Labute approximate surface area is 331 Å². The number of halogens is 1. The van der Waals surface area contributed by atoms with Crippen LogP contribution in [0.25, 0.3) is 0 Å². The number of para-hydroxylation sites is 1. The van der Waals surface area contributed by atoms with Gasteiger partial charge in [-0.1, -0.05) is 41.1 Å². The van der Waals surface area contributed by atoms with Crippen molar-refractivity contribution in [3.8, 4) is 0 Å². The number of hydrogen-bond acceptors (Lipinski definition) is 12. The predicted octanol–water partition coefficient (Wildman–Crippen LogP) is 4.42. The molecule has 56 heavy (non-hydrogen) atoms. The molecule has 2 fully saturated rings. The molecule has 2 saturated heterocycles. The van der Waals surface area contributed by atoms with Gasteiger partial charge < -0.3 is 30.7 Å². The second-order valence-electron chi connectivity index (χ2n) is 13.7. The van der Waals surface area contributed by atoms with E-state index in [0.29, 0.717) is 87.6 Å². The molecule has 4 aromatic rings. The maximum atomic E-state index is 13.1. The average Bonchev–Trinajstić information content (AvgIpc) is 3.77. The van der Waals surface area contributed by atoms with Crippen molar-refractivity contribution in [3.05, 3.63) is 81.1 Å². The van der Waals surface area contributed by atoms with Crippen molar-refractivity contribution in [2.24, 2.45) is 0 Å². The van der Waals surface area contributed by atoms with Crippen molar-refractivity contribution in [3.63, 3.8) is 0 Å². The molecule has 4 N–H and O–H groups in total. The minimum Gasteiger partial charge on any atom is -0.353 e. The first kappa shape index (κ1) is 38.3. The van der Waals surface area contributed by atoms with Crippen molar-refractivity contribution in [2.75, 3.05) is 47.0 Å². The number of piperidine rings is 1. The molecule has 3 aliphatic rings. The molecule has 1 atom stereocenters. The fraction of sp³-hybridized carbons (Fsp3) is 0.342. The summed E-state index contributed by atoms with van der Waals surface area (Å²) in [5.41, 5.74) is 2.91. The first-order chi connectivity index (χ1) is 26.9. The van der Waals surface area contributed by atoms with Crippen LogP contribution in [0.1, 0.15) is 69.1 Å². The van der Waals surface area contributed by atoms with E-state index in [2.05, 4.69) is 41.1 Å². The van der Waals surface area contributed by atoms with Gasteiger partial charge in [0.2, 0.25) is 23.6 Å². The molecule has 2 aromatic heterocycles. The summed E-state index contributed by atoms with van der Waals surface area (Å²) < 4.78 is 0. The number of amides is 6. The van der Waals surface area contributed by atoms with E-state index in [-0.39, 0.29) is 61.8 Å². The summed E-state index contributed by atoms with van der Waals surface area (Å²) in [7, 11) is 0. The van der Waals surface area contributed by atoms with Crippen LogP contribution in [-0.4, -0.2) is 92.4 Å². The van der Waals surface area contributed by atoms with Crippen LogP contribution in [0.15, 0.2) is 48.7 Å². The summed E-state index contributed by atoms with van der Waals surface area (Å²) in [5, 5.41) is 12.1. The highest BCUT2D eigenvalue weighted by molar-refractivity contribution is 7.17. The lowest BCUT2D eigenvalue weighted by molar-refractivity contribution is -0.137. The molecular formula is C38H39ClN10O6S. The number of aryl methyl sites for hydroxylation is 2. The summed E-state index contributed by atoms with van der Waals surface area (Å²) in [6.07, 6.45) is 2.56. The summed E-state index contributed by atoms with van der Waals surface area (Å²) in [5.74, 6) is -0.0600. The van der Waals surface area contributed by atoms with Crippen LogP contribution in [0, 0.1) is 13.8 Å². The van der Waals surface area contributed by atoms with Crippen molar-refractivity contribution >= 4 is 86.5 Å². The van der Waals surface area contributed by atoms with Crippen molar-refractivity contribution in [1.29, 1.82) is 0 Å². The average molecular weight is 799 g/mol. The first-order valence-corrected chi connectivity index (χ1v) is 19.4. The molecule has 0 saturated carbocycles. The lowest BCUT2D eigenvalue weighted by atomic mass is 10.0. The molecular weight excluding hydrogens is 760 g/mol. The van der Waals surface area contributed by atoms with Crippen LogP contribution in [-0.2, 0) is 25.7 Å². The fourth-order valence-electron chi connectivity index (χ4n) is 6.95. The highest BCUT2D eigenvalue weighted by Crippen LogP contribution is 2.33. The summed E-state index contributed by atoms with van der Waals surface area (Å²) >= 11 is 7.45. The molecule has 7 rings (SSSR count). The molecule has 6 amide bonds. The first-order valence-electron chi connectivity index (χ1n) is 18.2. The zero-order valence-electron chi connectivity index (χ0n) is 30.7. The Morgan fingerprint density at radius 2 is 1.77 bits per heavy atom. The van der Waals surface area contributed by atoms with E-state index in [1.165, 1.54) is 22.4 Å². The summed E-state index contributed by atoms with van der Waals surface area (Å²) in [6.45, 7) is 5.88. The lowest BCUT2D eigenvalue weighted by Crippen LogP contribution is -2.52. The Balaban J connectivity index is 0.869. The monoisotopic (exact) mass is 798 g/mol. The minimum atomic E-state index is -0.750. The van der Waals surface area contributed by atoms with Crippen LogP contribution in [0.5, 0.6) is 0 Å². The minimum absolute atomic E-state index is 0.0435. The quantitative estimate of drug-likeness (QED) is 0.157. The topological polar surface area (TPSA) is 199 Å². The number of anilines is 5. The van der Waals surface area contributed by atoms with E-state index in [0.717, 1.165) is 5.56 Å². The van der Waals surface area contributed by atoms with Crippen molar-refractivity contribution in [1.82, 2.24) is 30.1 Å². The van der Waals surface area contributed by atoms with E-state index in [1.54, 1.807) is 36.1 Å². The van der Waals surface area contributed by atoms with E-state index in [1.807, 2.05) is 25.1 Å². The number of benzene rings is 2. The largest absolute Gasteiger partial charge is 0.353 e. The highest BCUT2D eigenvalue weighted by Gasteiger charge is 2.40. The molecule has 0 spiro atoms. The Kier molecular flexibility index (Phi) is 11.2. The molecule has 0 radical (unpaired) electrons. The predicted molar refractivity (Wildman–Crippen MR) is 210 cm³/mol. The van der Waals surface area contributed by atoms with Gasteiger partial charge in [0.25, 0.3) is 11.8 Å². The Bertz CT molecular complexity index is 2220. The molecule has 0 bridgehead atoms. The Morgan fingerprint density at radius 1 is 0.982 bits per heavy atom. The normalized spacial score (nSPS) is 16.7. The number of imide groups is 1. The number of carbonyl (C=O) groups is 6. The van der Waals surface area contributed by atoms with Crippen LogP contribution < -0.4 is 26.2 Å². The van der Waals surface area contributed by atoms with Gasteiger partial charge >= 0.3 is 0 Å². The Hall–Kier alpha value is -5.94. The number of rotatable bonds is 11. The van der Waals surface area contributed by atoms with Crippen LogP contribution in [0.3, 0.4) is 0 Å². The highest BCUT2D eigenvalue weighted by atomic mass is 35.5. The van der Waals surface area contributed by atoms with E-state index in [9.17, 15) is 28.8 Å². The number of fused-ring (bicyclic) bond motifs is 1. The standard InChI is InChI=1S/C38H39ClN10O6S/c1-21-6-3-8-25(39)34(21)46-36(54)28-19-40-38(56-28)44-29-18-30(42-22(2)41-29)47-14-16-48(17-15-47)33(52)11-5-10-31(50)43-26-9-4-7-23-24(26)20-49(37(23)55)27-12-13-32(51)45-35(27)53/h3-4,6-9,18-19,27H,5,10-17,20H2,1-2H3,(H,43,50)(H,46,54)(H,45,51,53)(H,40,41,42,44). The molecule has 0 aliphatic carbocycles. The van der Waals surface area contributed by atoms with E-state index in [4.69, 9.17) is 11.6 Å². The maximum Gasteiger partial charge on any atom is 0.267 e. The van der Waals surface area contributed by atoms with Gasteiger partial charge in [-0.05, 0) is 50.5 Å². The maximum absolute atomic E-state index is 13.1. The van der Waals surface area contributed by atoms with E-state index >= 15 is 0 Å². The molecule has 5 heterocycles. The van der Waals surface area contributed by atoms with Gasteiger partial charge in [-0.25, -0.2) is 15.0 Å². The molecule has 1 unspecified atom stereocenters. The van der Waals surface area contributed by atoms with Gasteiger partial charge in [0.05, 0.1) is 16.9 Å². The van der Waals surface area contributed by atoms with Gasteiger partial charge in [-0.3, -0.25) is 34.1 Å². The van der Waals surface area contributed by atoms with Gasteiger partial charge in [0.15, 0.2) is 5.13 Å². The number of aromatic nitrogens is 3. The number of carbonyl (C=O) groups excluding carboxylic acids is 6. The van der Waals surface area contributed by atoms with Gasteiger partial charge in [0, 0.05) is 74.9 Å². The second kappa shape index (κ2) is 16.4. The van der Waals surface area contributed by atoms with E-state index < -0.39 is 11.9 Å². The molecule has 3 aliphatic heterocycles. The molecule has 16 nitrogen and oxygen atoms in total. The van der Waals surface area contributed by atoms with Gasteiger partial charge in [-0.15, -0.1) is 0 Å². The number of nitrogens with one attached hydrogen (secondary N) is 4. The molecule has 18 heteroatoms. The van der Waals surface area contributed by atoms with Crippen molar-refractivity contribution in [2.45, 2.75) is 58.5 Å². The lowest BCUT2D eigenvalue weighted by Gasteiger charge is -2.35. The molecule has 290 valence electrons. The third kappa shape index (κ3) is 8.48. The zero-order valence-corrected chi connectivity index (χ0v) is 32.3. The number of thiazole rings is 1. The Morgan fingerprint density at radius 3 is 2.54 bits per heavy atom. The SMILES string of the molecule is Cc1nc(Nc2ncc(C(=O)Nc3c(C)cccc3Cl)s2)cc(N2CCN(C(=O)CCCC(=O)Nc3cccc4c3CN(C3CCC(=O)NC3=O)C4=O)CC2)n1. The van der Waals surface area contributed by atoms with Crippen LogP contribution >= 0.6 is 22.9 Å². The summed E-state index contributed by atoms with van der Waals surface area (Å²) in [4.78, 5) is 95.2. The smallest absolute Gasteiger partial charge is 0.267 e. The number of piperazine rings is 1. The summed E-state index contributed by atoms with van der Waals surface area (Å²) in [6, 6.07) is 11.5. The zero-order chi connectivity index (χ0) is 39.5. The number of hydrogen-bond donors (Lipinski definition) is 4. The van der Waals surface area contributed by atoms with Crippen molar-refractivity contribution < 1.29 is 28.8 Å².